The summed E-state index contributed by atoms with van der Waals surface area (Å²) < 4.78 is 5.85. The van der Waals surface area contributed by atoms with Crippen LogP contribution in [-0.4, -0.2) is 17.6 Å². The van der Waals surface area contributed by atoms with Crippen LogP contribution in [0.1, 0.15) is 6.92 Å². The van der Waals surface area contributed by atoms with E-state index >= 15 is 0 Å². The molecule has 0 aliphatic carbocycles. The van der Waals surface area contributed by atoms with Crippen molar-refractivity contribution in [2.24, 2.45) is 0 Å². The zero-order chi connectivity index (χ0) is 6.24. The van der Waals surface area contributed by atoms with Crippen LogP contribution in [0.15, 0.2) is 0 Å². The van der Waals surface area contributed by atoms with Gasteiger partial charge in [0.15, 0.2) is 0 Å². The van der Waals surface area contributed by atoms with Crippen LogP contribution in [0.25, 0.3) is 0 Å². The average molecular weight is 224 g/mol. The van der Waals surface area contributed by atoms with Gasteiger partial charge in [0.1, 0.15) is 6.61 Å². The molecule has 46 valence electrons. The molecular weight excluding hydrogens is 215 g/mol. The Labute approximate surface area is 63.9 Å². The normalized spacial score (nSPS) is 7.75. The summed E-state index contributed by atoms with van der Waals surface area (Å²) in [7, 11) is 0. The van der Waals surface area contributed by atoms with E-state index in [9.17, 15) is 0 Å². The molecule has 2 heteroatoms. The lowest BCUT2D eigenvalue weighted by atomic mass is 10.6. The van der Waals surface area contributed by atoms with Gasteiger partial charge in [-0.3, -0.25) is 0 Å². The van der Waals surface area contributed by atoms with Crippen LogP contribution in [-0.2, 0) is 4.74 Å². The van der Waals surface area contributed by atoms with Crippen molar-refractivity contribution < 1.29 is 4.74 Å². The molecule has 0 aromatic rings. The molecule has 0 spiro atoms. The Morgan fingerprint density at radius 1 is 1.50 bits per heavy atom. The Morgan fingerprint density at radius 2 is 2.25 bits per heavy atom. The second-order valence-electron chi connectivity index (χ2n) is 1.12. The van der Waals surface area contributed by atoms with Gasteiger partial charge in [0.25, 0.3) is 0 Å². The molecule has 0 fully saturated rings. The van der Waals surface area contributed by atoms with Gasteiger partial charge in [-0.1, -0.05) is 34.4 Å². The van der Waals surface area contributed by atoms with Crippen molar-refractivity contribution in [3.63, 3.8) is 0 Å². The maximum atomic E-state index is 4.96. The van der Waals surface area contributed by atoms with E-state index in [1.54, 1.807) is 0 Å². The highest BCUT2D eigenvalue weighted by Crippen LogP contribution is 1.75. The fourth-order valence-corrected chi connectivity index (χ4v) is 0.521. The number of rotatable bonds is 2. The van der Waals surface area contributed by atoms with Gasteiger partial charge in [-0.25, -0.2) is 0 Å². The molecule has 0 rings (SSSR count). The Hall–Kier alpha value is 0.250. The summed E-state index contributed by atoms with van der Waals surface area (Å²) in [5.74, 6) is 5.75. The smallest absolute Gasteiger partial charge is 0.107 e. The van der Waals surface area contributed by atoms with Crippen molar-refractivity contribution >= 4 is 22.6 Å². The number of ether oxygens (including phenoxy) is 1. The first-order chi connectivity index (χ1) is 3.91. The summed E-state index contributed by atoms with van der Waals surface area (Å²) in [4.78, 5) is 0. The first-order valence-electron chi connectivity index (χ1n) is 2.51. The Balaban J connectivity index is 2.90. The van der Waals surface area contributed by atoms with Gasteiger partial charge in [0, 0.05) is 6.61 Å². The Kier molecular flexibility index (Phi) is 7.48. The van der Waals surface area contributed by atoms with Crippen molar-refractivity contribution in [3.8, 4) is 11.8 Å². The van der Waals surface area contributed by atoms with E-state index < -0.39 is 0 Å². The summed E-state index contributed by atoms with van der Waals surface area (Å²) in [5, 5.41) is 0. The molecular formula is C6H9IO. The fraction of sp³-hybridized carbons (Fsp3) is 0.667. The largest absolute Gasteiger partial charge is 0.369 e. The number of alkyl halides is 1. The monoisotopic (exact) mass is 224 g/mol. The van der Waals surface area contributed by atoms with E-state index in [-0.39, 0.29) is 0 Å². The minimum atomic E-state index is 0.583. The molecule has 0 atom stereocenters. The van der Waals surface area contributed by atoms with E-state index in [1.165, 1.54) is 0 Å². The summed E-state index contributed by atoms with van der Waals surface area (Å²) >= 11 is 2.21. The van der Waals surface area contributed by atoms with Gasteiger partial charge in [-0.2, -0.15) is 0 Å². The molecule has 1 nitrogen and oxygen atoms in total. The maximum absolute atomic E-state index is 4.96. The lowest BCUT2D eigenvalue weighted by Crippen LogP contribution is -1.88. The Bertz CT molecular complexity index is 90.4. The van der Waals surface area contributed by atoms with E-state index in [0.717, 1.165) is 11.0 Å². The standard InChI is InChI=1S/C6H9IO/c1-2-8-6-4-3-5-7/h2,5-6H2,1H3. The summed E-state index contributed by atoms with van der Waals surface area (Å²) in [6.07, 6.45) is 0. The fourth-order valence-electron chi connectivity index (χ4n) is 0.251. The molecule has 0 heterocycles. The first kappa shape index (κ1) is 8.25. The second kappa shape index (κ2) is 7.25. The molecule has 0 aliphatic heterocycles. The zero-order valence-corrected chi connectivity index (χ0v) is 7.07. The molecule has 0 radical (unpaired) electrons. The van der Waals surface area contributed by atoms with Crippen LogP contribution in [0.3, 0.4) is 0 Å². The minimum absolute atomic E-state index is 0.583. The predicted molar refractivity (Wildman–Crippen MR) is 43.2 cm³/mol. The lowest BCUT2D eigenvalue weighted by molar-refractivity contribution is 0.182. The SMILES string of the molecule is CCOCC#CCI. The van der Waals surface area contributed by atoms with Gasteiger partial charge >= 0.3 is 0 Å². The van der Waals surface area contributed by atoms with Crippen molar-refractivity contribution in [2.45, 2.75) is 6.92 Å². The molecule has 0 aromatic heterocycles. The molecule has 0 N–H and O–H groups in total. The molecule has 0 amide bonds. The van der Waals surface area contributed by atoms with Crippen molar-refractivity contribution in [1.82, 2.24) is 0 Å². The van der Waals surface area contributed by atoms with E-state index in [1.807, 2.05) is 6.92 Å². The van der Waals surface area contributed by atoms with Crippen molar-refractivity contribution in [3.05, 3.63) is 0 Å². The molecule has 8 heavy (non-hydrogen) atoms. The highest BCUT2D eigenvalue weighted by Gasteiger charge is 1.70. The van der Waals surface area contributed by atoms with Crippen LogP contribution < -0.4 is 0 Å². The van der Waals surface area contributed by atoms with Gasteiger partial charge in [0.2, 0.25) is 0 Å². The predicted octanol–water partition coefficient (Wildman–Crippen LogP) is 1.46. The average Bonchev–Trinajstić information content (AvgIpc) is 1.81. The molecule has 0 aliphatic rings. The van der Waals surface area contributed by atoms with E-state index in [0.29, 0.717) is 6.61 Å². The van der Waals surface area contributed by atoms with Crippen molar-refractivity contribution in [2.75, 3.05) is 17.6 Å². The molecule has 0 aromatic carbocycles. The third-order valence-electron chi connectivity index (χ3n) is 0.570. The number of halogens is 1. The quantitative estimate of drug-likeness (QED) is 0.298. The zero-order valence-electron chi connectivity index (χ0n) is 4.91. The van der Waals surface area contributed by atoms with Gasteiger partial charge < -0.3 is 4.74 Å². The third-order valence-corrected chi connectivity index (χ3v) is 0.952. The highest BCUT2D eigenvalue weighted by atomic mass is 127. The first-order valence-corrected chi connectivity index (χ1v) is 4.03. The van der Waals surface area contributed by atoms with Crippen LogP contribution in [0.4, 0.5) is 0 Å². The second-order valence-corrected chi connectivity index (χ2v) is 1.89. The molecule has 0 saturated heterocycles. The highest BCUT2D eigenvalue weighted by molar-refractivity contribution is 14.1. The van der Waals surface area contributed by atoms with Gasteiger partial charge in [-0.15, -0.1) is 0 Å². The van der Waals surface area contributed by atoms with Crippen LogP contribution >= 0.6 is 22.6 Å². The third kappa shape index (κ3) is 6.25. The molecule has 0 saturated carbocycles. The van der Waals surface area contributed by atoms with Crippen LogP contribution in [0.2, 0.25) is 0 Å². The van der Waals surface area contributed by atoms with E-state index in [4.69, 9.17) is 4.74 Å². The van der Waals surface area contributed by atoms with Gasteiger partial charge in [0.05, 0.1) is 4.43 Å². The summed E-state index contributed by atoms with van der Waals surface area (Å²) in [5.41, 5.74) is 0. The van der Waals surface area contributed by atoms with Gasteiger partial charge in [-0.05, 0) is 6.92 Å². The summed E-state index contributed by atoms with van der Waals surface area (Å²) in [6, 6.07) is 0. The molecule has 0 bridgehead atoms. The maximum Gasteiger partial charge on any atom is 0.107 e. The number of hydrogen-bond donors (Lipinski definition) is 0. The van der Waals surface area contributed by atoms with Crippen LogP contribution in [0, 0.1) is 11.8 Å². The Morgan fingerprint density at radius 3 is 2.75 bits per heavy atom. The molecule has 0 unspecified atom stereocenters. The van der Waals surface area contributed by atoms with Crippen molar-refractivity contribution in [1.29, 1.82) is 0 Å². The topological polar surface area (TPSA) is 9.23 Å². The summed E-state index contributed by atoms with van der Waals surface area (Å²) in [6.45, 7) is 3.31. The van der Waals surface area contributed by atoms with E-state index in [2.05, 4.69) is 34.4 Å². The van der Waals surface area contributed by atoms with Crippen LogP contribution in [0.5, 0.6) is 0 Å². The number of hydrogen-bond acceptors (Lipinski definition) is 1. The lowest BCUT2D eigenvalue weighted by Gasteiger charge is -1.87. The minimum Gasteiger partial charge on any atom is -0.369 e.